The van der Waals surface area contributed by atoms with Gasteiger partial charge in [0.05, 0.1) is 25.1 Å². The largest absolute Gasteiger partial charge is 0.466 e. The minimum absolute atomic E-state index is 0.218. The number of hydrogen-bond donors (Lipinski definition) is 1. The molecule has 0 radical (unpaired) electrons. The molecule has 0 amide bonds. The van der Waals surface area contributed by atoms with Crippen LogP contribution in [0, 0.1) is 0 Å². The summed E-state index contributed by atoms with van der Waals surface area (Å²) < 4.78 is 11.3. The maximum Gasteiger partial charge on any atom is 0.307 e. The van der Waals surface area contributed by atoms with Crippen LogP contribution in [0.5, 0.6) is 0 Å². The number of nitrogens with zero attached hydrogens (tertiary/aromatic N) is 2. The molecule has 0 fully saturated rings. The molecule has 0 spiro atoms. The van der Waals surface area contributed by atoms with E-state index in [0.29, 0.717) is 37.9 Å². The second-order valence-electron chi connectivity index (χ2n) is 4.21. The molecular weight excluding hydrogens is 338 g/mol. The number of hydrogen-bond acceptors (Lipinski definition) is 6. The molecule has 112 valence electrons. The molecule has 0 aliphatic carbocycles. The fourth-order valence-corrected chi connectivity index (χ4v) is 2.14. The number of esters is 1. The van der Waals surface area contributed by atoms with E-state index in [0.717, 1.165) is 10.0 Å². The fourth-order valence-electron chi connectivity index (χ4n) is 1.69. The van der Waals surface area contributed by atoms with E-state index in [4.69, 9.17) is 9.15 Å². The summed E-state index contributed by atoms with van der Waals surface area (Å²) in [5.74, 6) is 0.721. The van der Waals surface area contributed by atoms with Gasteiger partial charge in [-0.2, -0.15) is 0 Å². The zero-order valence-electron chi connectivity index (χ0n) is 11.6. The van der Waals surface area contributed by atoms with Crippen LogP contribution in [0.4, 0.5) is 0 Å². The van der Waals surface area contributed by atoms with E-state index in [2.05, 4.69) is 31.4 Å². The monoisotopic (exact) mass is 353 g/mol. The Bertz CT molecular complexity index is 601. The number of carbonyl (C=O) groups excluding carboxylic acids is 1. The molecule has 0 atom stereocenters. The lowest BCUT2D eigenvalue weighted by molar-refractivity contribution is -0.142. The van der Waals surface area contributed by atoms with Crippen LogP contribution in [0.3, 0.4) is 0 Å². The Kier molecular flexibility index (Phi) is 5.89. The van der Waals surface area contributed by atoms with E-state index in [1.807, 2.05) is 24.3 Å². The van der Waals surface area contributed by atoms with Crippen molar-refractivity contribution in [2.24, 2.45) is 0 Å². The molecule has 0 bridgehead atoms. The van der Waals surface area contributed by atoms with E-state index >= 15 is 0 Å². The molecule has 0 aliphatic rings. The first-order chi connectivity index (χ1) is 10.2. The summed E-state index contributed by atoms with van der Waals surface area (Å²) in [5, 5.41) is 11.0. The highest BCUT2D eigenvalue weighted by Gasteiger charge is 2.11. The summed E-state index contributed by atoms with van der Waals surface area (Å²) in [6, 6.07) is 7.63. The Morgan fingerprint density at radius 3 is 2.95 bits per heavy atom. The molecule has 0 saturated heterocycles. The molecule has 1 heterocycles. The van der Waals surface area contributed by atoms with Crippen LogP contribution in [0.1, 0.15) is 19.2 Å². The van der Waals surface area contributed by atoms with Crippen LogP contribution in [-0.4, -0.2) is 29.3 Å². The third-order valence-corrected chi connectivity index (χ3v) is 3.35. The third-order valence-electron chi connectivity index (χ3n) is 2.66. The molecule has 2 aromatic rings. The highest BCUT2D eigenvalue weighted by Crippen LogP contribution is 2.26. The minimum atomic E-state index is -0.218. The van der Waals surface area contributed by atoms with Gasteiger partial charge in [0, 0.05) is 11.0 Å². The second-order valence-corrected chi connectivity index (χ2v) is 5.07. The van der Waals surface area contributed by atoms with E-state index in [1.54, 1.807) is 6.92 Å². The van der Waals surface area contributed by atoms with Gasteiger partial charge in [-0.15, -0.1) is 10.2 Å². The maximum atomic E-state index is 11.2. The summed E-state index contributed by atoms with van der Waals surface area (Å²) in [7, 11) is 0. The summed E-state index contributed by atoms with van der Waals surface area (Å²) in [6.07, 6.45) is 0.319. The van der Waals surface area contributed by atoms with Crippen LogP contribution >= 0.6 is 15.9 Å². The topological polar surface area (TPSA) is 77.2 Å². The van der Waals surface area contributed by atoms with Gasteiger partial charge in [0.1, 0.15) is 0 Å². The normalized spacial score (nSPS) is 10.6. The van der Waals surface area contributed by atoms with Gasteiger partial charge in [-0.1, -0.05) is 12.1 Å². The number of nitrogens with one attached hydrogen (secondary N) is 1. The number of aromatic nitrogens is 2. The highest BCUT2D eigenvalue weighted by atomic mass is 79.9. The predicted octanol–water partition coefficient (Wildman–Crippen LogP) is 2.54. The number of rotatable bonds is 7. The summed E-state index contributed by atoms with van der Waals surface area (Å²) >= 11 is 3.44. The van der Waals surface area contributed by atoms with Gasteiger partial charge in [0.2, 0.25) is 11.8 Å². The van der Waals surface area contributed by atoms with Gasteiger partial charge in [0.15, 0.2) is 0 Å². The van der Waals surface area contributed by atoms with E-state index in [9.17, 15) is 4.79 Å². The number of carbonyl (C=O) groups is 1. The lowest BCUT2D eigenvalue weighted by Crippen LogP contribution is -2.19. The van der Waals surface area contributed by atoms with Gasteiger partial charge >= 0.3 is 5.97 Å². The average Bonchev–Trinajstić information content (AvgIpc) is 2.93. The molecule has 0 aliphatic heterocycles. The first-order valence-electron chi connectivity index (χ1n) is 6.64. The fraction of sp³-hybridized carbons (Fsp3) is 0.357. The van der Waals surface area contributed by atoms with E-state index in [-0.39, 0.29) is 5.97 Å². The van der Waals surface area contributed by atoms with Gasteiger partial charge in [-0.25, -0.2) is 0 Å². The van der Waals surface area contributed by atoms with Crippen molar-refractivity contribution < 1.29 is 13.9 Å². The van der Waals surface area contributed by atoms with Gasteiger partial charge in [-0.05, 0) is 35.0 Å². The van der Waals surface area contributed by atoms with Crippen molar-refractivity contribution in [1.82, 2.24) is 15.5 Å². The Morgan fingerprint density at radius 2 is 2.19 bits per heavy atom. The lowest BCUT2D eigenvalue weighted by Gasteiger charge is -2.02. The SMILES string of the molecule is CCOC(=O)CCNCc1nnc(-c2ccccc2Br)o1. The van der Waals surface area contributed by atoms with Gasteiger partial charge in [-0.3, -0.25) is 4.79 Å². The molecule has 2 rings (SSSR count). The molecule has 6 nitrogen and oxygen atoms in total. The van der Waals surface area contributed by atoms with Crippen molar-refractivity contribution in [3.8, 4) is 11.5 Å². The highest BCUT2D eigenvalue weighted by molar-refractivity contribution is 9.10. The van der Waals surface area contributed by atoms with Crippen molar-refractivity contribution >= 4 is 21.9 Å². The molecule has 0 unspecified atom stereocenters. The summed E-state index contributed by atoms with van der Waals surface area (Å²) in [4.78, 5) is 11.2. The Labute approximate surface area is 131 Å². The maximum absolute atomic E-state index is 11.2. The zero-order valence-corrected chi connectivity index (χ0v) is 13.2. The first-order valence-corrected chi connectivity index (χ1v) is 7.43. The zero-order chi connectivity index (χ0) is 15.1. The Morgan fingerprint density at radius 1 is 1.38 bits per heavy atom. The molecule has 1 N–H and O–H groups in total. The van der Waals surface area contributed by atoms with Crippen molar-refractivity contribution in [3.05, 3.63) is 34.6 Å². The van der Waals surface area contributed by atoms with Crippen LogP contribution < -0.4 is 5.32 Å². The van der Waals surface area contributed by atoms with Crippen LogP contribution in [0.2, 0.25) is 0 Å². The van der Waals surface area contributed by atoms with Crippen LogP contribution in [-0.2, 0) is 16.1 Å². The van der Waals surface area contributed by atoms with E-state index < -0.39 is 0 Å². The minimum Gasteiger partial charge on any atom is -0.466 e. The second kappa shape index (κ2) is 7.90. The predicted molar refractivity (Wildman–Crippen MR) is 80.4 cm³/mol. The molecule has 1 aromatic heterocycles. The smallest absolute Gasteiger partial charge is 0.307 e. The molecule has 0 saturated carbocycles. The van der Waals surface area contributed by atoms with Crippen LogP contribution in [0.25, 0.3) is 11.5 Å². The van der Waals surface area contributed by atoms with Crippen molar-refractivity contribution in [2.45, 2.75) is 19.9 Å². The summed E-state index contributed by atoms with van der Waals surface area (Å²) in [6.45, 7) is 3.10. The van der Waals surface area contributed by atoms with Gasteiger partial charge < -0.3 is 14.5 Å². The Balaban J connectivity index is 1.84. The molecule has 21 heavy (non-hydrogen) atoms. The summed E-state index contributed by atoms with van der Waals surface area (Å²) in [5.41, 5.74) is 0.850. The lowest BCUT2D eigenvalue weighted by atomic mass is 10.2. The van der Waals surface area contributed by atoms with E-state index in [1.165, 1.54) is 0 Å². The van der Waals surface area contributed by atoms with Crippen LogP contribution in [0.15, 0.2) is 33.2 Å². The third kappa shape index (κ3) is 4.64. The van der Waals surface area contributed by atoms with Crippen molar-refractivity contribution in [2.75, 3.05) is 13.2 Å². The van der Waals surface area contributed by atoms with Gasteiger partial charge in [0.25, 0.3) is 0 Å². The first kappa shape index (κ1) is 15.7. The molecule has 7 heteroatoms. The van der Waals surface area contributed by atoms with Crippen molar-refractivity contribution in [1.29, 1.82) is 0 Å². The molecular formula is C14H16BrN3O3. The van der Waals surface area contributed by atoms with Crippen molar-refractivity contribution in [3.63, 3.8) is 0 Å². The standard InChI is InChI=1S/C14H16BrN3O3/c1-2-20-13(19)7-8-16-9-12-17-18-14(21-12)10-5-3-4-6-11(10)15/h3-6,16H,2,7-9H2,1H3. The number of halogens is 1. The average molecular weight is 354 g/mol. The Hall–Kier alpha value is -1.73. The number of benzene rings is 1. The number of ether oxygens (including phenoxy) is 1. The molecule has 1 aromatic carbocycles. The quantitative estimate of drug-likeness (QED) is 0.608.